The fourth-order valence-corrected chi connectivity index (χ4v) is 2.20. The molecule has 0 unspecified atom stereocenters. The lowest BCUT2D eigenvalue weighted by Gasteiger charge is -2.13. The summed E-state index contributed by atoms with van der Waals surface area (Å²) in [5.41, 5.74) is 9.21. The molecule has 3 heteroatoms. The molecule has 108 valence electrons. The molecule has 0 aliphatic carbocycles. The molecular formula is C19H16N2O. The molecular weight excluding hydrogens is 272 g/mol. The van der Waals surface area contributed by atoms with E-state index in [1.807, 2.05) is 84.9 Å². The Bertz CT molecular complexity index is 755. The van der Waals surface area contributed by atoms with Crippen molar-refractivity contribution in [2.24, 2.45) is 0 Å². The Kier molecular flexibility index (Phi) is 4.16. The minimum atomic E-state index is -0.00133. The highest BCUT2D eigenvalue weighted by Crippen LogP contribution is 2.19. The van der Waals surface area contributed by atoms with E-state index in [9.17, 15) is 4.79 Å². The van der Waals surface area contributed by atoms with Crippen molar-refractivity contribution in [3.05, 3.63) is 96.1 Å². The Morgan fingerprint density at radius 1 is 0.636 bits per heavy atom. The summed E-state index contributed by atoms with van der Waals surface area (Å²) in [5, 5.41) is 0. The molecule has 0 atom stereocenters. The van der Waals surface area contributed by atoms with Gasteiger partial charge in [0.25, 0.3) is 0 Å². The fraction of sp³-hybridized carbons (Fsp3) is 0. The van der Waals surface area contributed by atoms with Crippen LogP contribution in [0.25, 0.3) is 0 Å². The maximum Gasteiger partial charge on any atom is 0.195 e. The van der Waals surface area contributed by atoms with Gasteiger partial charge in [-0.15, -0.1) is 0 Å². The lowest BCUT2D eigenvalue weighted by Crippen LogP contribution is -2.13. The van der Waals surface area contributed by atoms with E-state index < -0.39 is 0 Å². The summed E-state index contributed by atoms with van der Waals surface area (Å²) in [6.45, 7) is 0. The van der Waals surface area contributed by atoms with Crippen LogP contribution in [0.1, 0.15) is 15.9 Å². The van der Waals surface area contributed by atoms with Crippen molar-refractivity contribution in [1.29, 1.82) is 0 Å². The summed E-state index contributed by atoms with van der Waals surface area (Å²) >= 11 is 0. The van der Waals surface area contributed by atoms with Gasteiger partial charge in [-0.3, -0.25) is 4.79 Å². The molecule has 0 heterocycles. The summed E-state index contributed by atoms with van der Waals surface area (Å²) in [6.07, 6.45) is 0. The minimum absolute atomic E-state index is 0.00133. The number of hydrogen-bond acceptors (Lipinski definition) is 3. The van der Waals surface area contributed by atoms with Gasteiger partial charge in [0.15, 0.2) is 5.78 Å². The quantitative estimate of drug-likeness (QED) is 0.541. The molecule has 0 aliphatic rings. The molecule has 0 saturated carbocycles. The average molecular weight is 288 g/mol. The van der Waals surface area contributed by atoms with Crippen LogP contribution in [-0.2, 0) is 0 Å². The van der Waals surface area contributed by atoms with Gasteiger partial charge in [0.05, 0.1) is 11.4 Å². The molecule has 0 fully saturated rings. The second kappa shape index (κ2) is 6.59. The van der Waals surface area contributed by atoms with E-state index in [0.29, 0.717) is 11.1 Å². The predicted octanol–water partition coefficient (Wildman–Crippen LogP) is 4.36. The Labute approximate surface area is 129 Å². The van der Waals surface area contributed by atoms with E-state index in [-0.39, 0.29) is 5.78 Å². The van der Waals surface area contributed by atoms with Crippen LogP contribution in [0.3, 0.4) is 0 Å². The number of para-hydroxylation sites is 2. The molecule has 3 aromatic rings. The number of carbonyl (C=O) groups is 1. The first-order valence-corrected chi connectivity index (χ1v) is 7.10. The Hall–Kier alpha value is -3.07. The highest BCUT2D eigenvalue weighted by molar-refractivity contribution is 6.12. The molecule has 0 aromatic heterocycles. The molecule has 2 N–H and O–H groups in total. The molecule has 0 amide bonds. The van der Waals surface area contributed by atoms with E-state index in [0.717, 1.165) is 11.4 Å². The predicted molar refractivity (Wildman–Crippen MR) is 90.0 cm³/mol. The van der Waals surface area contributed by atoms with Gasteiger partial charge in [-0.05, 0) is 24.3 Å². The molecule has 22 heavy (non-hydrogen) atoms. The molecule has 0 aliphatic heterocycles. The zero-order valence-electron chi connectivity index (χ0n) is 12.0. The first-order valence-electron chi connectivity index (χ1n) is 7.10. The number of carbonyl (C=O) groups excluding carboxylic acids is 1. The van der Waals surface area contributed by atoms with Crippen LogP contribution in [-0.4, -0.2) is 5.78 Å². The van der Waals surface area contributed by atoms with Gasteiger partial charge >= 0.3 is 0 Å². The Morgan fingerprint density at radius 2 is 1.23 bits per heavy atom. The monoisotopic (exact) mass is 288 g/mol. The van der Waals surface area contributed by atoms with Crippen molar-refractivity contribution in [2.45, 2.75) is 0 Å². The number of nitrogens with one attached hydrogen (secondary N) is 2. The molecule has 3 nitrogen and oxygen atoms in total. The van der Waals surface area contributed by atoms with Gasteiger partial charge in [0.1, 0.15) is 0 Å². The topological polar surface area (TPSA) is 41.1 Å². The maximum absolute atomic E-state index is 12.6. The lowest BCUT2D eigenvalue weighted by atomic mass is 10.0. The zero-order chi connectivity index (χ0) is 15.2. The highest BCUT2D eigenvalue weighted by Gasteiger charge is 2.12. The van der Waals surface area contributed by atoms with Crippen LogP contribution in [0, 0.1) is 0 Å². The maximum atomic E-state index is 12.6. The van der Waals surface area contributed by atoms with Crippen molar-refractivity contribution in [3.63, 3.8) is 0 Å². The number of rotatable bonds is 5. The first-order chi connectivity index (χ1) is 10.8. The van der Waals surface area contributed by atoms with Gasteiger partial charge in [-0.25, -0.2) is 0 Å². The van der Waals surface area contributed by atoms with E-state index in [1.54, 1.807) is 0 Å². The smallest absolute Gasteiger partial charge is 0.195 e. The summed E-state index contributed by atoms with van der Waals surface area (Å²) < 4.78 is 0. The standard InChI is InChI=1S/C19H16N2O/c22-19(15-9-3-1-4-10-15)17-13-7-8-14-18(17)21-20-16-11-5-2-6-12-16/h1-14,20-21H. The third-order valence-corrected chi connectivity index (χ3v) is 3.32. The van der Waals surface area contributed by atoms with Gasteiger partial charge in [0, 0.05) is 11.1 Å². The third-order valence-electron chi connectivity index (χ3n) is 3.32. The van der Waals surface area contributed by atoms with Crippen molar-refractivity contribution in [1.82, 2.24) is 0 Å². The molecule has 0 radical (unpaired) electrons. The summed E-state index contributed by atoms with van der Waals surface area (Å²) in [7, 11) is 0. The van der Waals surface area contributed by atoms with Crippen molar-refractivity contribution < 1.29 is 4.79 Å². The molecule has 3 aromatic carbocycles. The van der Waals surface area contributed by atoms with Crippen molar-refractivity contribution >= 4 is 17.2 Å². The zero-order valence-corrected chi connectivity index (χ0v) is 12.0. The number of benzene rings is 3. The van der Waals surface area contributed by atoms with E-state index >= 15 is 0 Å². The van der Waals surface area contributed by atoms with Gasteiger partial charge in [-0.2, -0.15) is 0 Å². The van der Waals surface area contributed by atoms with Crippen LogP contribution in [0.15, 0.2) is 84.9 Å². The SMILES string of the molecule is O=C(c1ccccc1)c1ccccc1NNc1ccccc1. The highest BCUT2D eigenvalue weighted by atomic mass is 16.1. The number of hydrogen-bond donors (Lipinski definition) is 2. The fourth-order valence-electron chi connectivity index (χ4n) is 2.20. The Morgan fingerprint density at radius 3 is 1.95 bits per heavy atom. The summed E-state index contributed by atoms with van der Waals surface area (Å²) in [4.78, 5) is 12.6. The molecule has 0 bridgehead atoms. The third kappa shape index (κ3) is 3.15. The van der Waals surface area contributed by atoms with E-state index in [4.69, 9.17) is 0 Å². The van der Waals surface area contributed by atoms with Gasteiger partial charge in [0.2, 0.25) is 0 Å². The second-order valence-corrected chi connectivity index (χ2v) is 4.86. The van der Waals surface area contributed by atoms with Crippen LogP contribution in [0.5, 0.6) is 0 Å². The van der Waals surface area contributed by atoms with Crippen molar-refractivity contribution in [3.8, 4) is 0 Å². The second-order valence-electron chi connectivity index (χ2n) is 4.86. The molecule has 0 spiro atoms. The summed E-state index contributed by atoms with van der Waals surface area (Å²) in [6, 6.07) is 26.5. The number of anilines is 2. The van der Waals surface area contributed by atoms with Crippen molar-refractivity contribution in [2.75, 3.05) is 10.9 Å². The minimum Gasteiger partial charge on any atom is -0.301 e. The van der Waals surface area contributed by atoms with Crippen LogP contribution < -0.4 is 10.9 Å². The summed E-state index contributed by atoms with van der Waals surface area (Å²) in [5.74, 6) is -0.00133. The van der Waals surface area contributed by atoms with Gasteiger partial charge in [-0.1, -0.05) is 60.7 Å². The molecule has 0 saturated heterocycles. The van der Waals surface area contributed by atoms with Gasteiger partial charge < -0.3 is 10.9 Å². The Balaban J connectivity index is 1.82. The number of hydrazine groups is 1. The van der Waals surface area contributed by atoms with E-state index in [1.165, 1.54) is 0 Å². The normalized spacial score (nSPS) is 10.0. The lowest BCUT2D eigenvalue weighted by molar-refractivity contribution is 0.103. The average Bonchev–Trinajstić information content (AvgIpc) is 2.61. The van der Waals surface area contributed by atoms with Crippen LogP contribution in [0.2, 0.25) is 0 Å². The van der Waals surface area contributed by atoms with Crippen LogP contribution >= 0.6 is 0 Å². The first kappa shape index (κ1) is 13.9. The number of ketones is 1. The molecule has 3 rings (SSSR count). The van der Waals surface area contributed by atoms with Crippen LogP contribution in [0.4, 0.5) is 11.4 Å². The van der Waals surface area contributed by atoms with E-state index in [2.05, 4.69) is 10.9 Å². The largest absolute Gasteiger partial charge is 0.301 e.